The molecular formula is C19H25N3O3. The maximum atomic E-state index is 12.3. The van der Waals surface area contributed by atoms with Crippen molar-refractivity contribution in [1.29, 1.82) is 0 Å². The molecule has 3 rings (SSSR count). The Bertz CT molecular complexity index is 741. The molecule has 1 amide bonds. The molecule has 0 spiro atoms. The van der Waals surface area contributed by atoms with Crippen LogP contribution in [0.5, 0.6) is 5.75 Å². The van der Waals surface area contributed by atoms with Gasteiger partial charge in [0, 0.05) is 30.3 Å². The van der Waals surface area contributed by atoms with E-state index < -0.39 is 0 Å². The van der Waals surface area contributed by atoms with E-state index in [2.05, 4.69) is 22.3 Å². The highest BCUT2D eigenvalue weighted by Crippen LogP contribution is 2.21. The third-order valence-corrected chi connectivity index (χ3v) is 4.82. The summed E-state index contributed by atoms with van der Waals surface area (Å²) in [6.07, 6.45) is 1.93. The number of nitrogens with zero attached hydrogens (tertiary/aromatic N) is 2. The lowest BCUT2D eigenvalue weighted by Gasteiger charge is -2.15. The summed E-state index contributed by atoms with van der Waals surface area (Å²) in [6, 6.07) is 7.03. The standard InChI is InChI=1S/C19H25N3O3/c1-3-15-9-16(25-21-15)12-22-8-7-14(11-22)10-20-19(24)17-5-4-6-18(23)13(17)2/h4-6,9,14,23H,3,7-8,10-12H2,1-2H3,(H,20,24)/t14-/m1/s1. The number of benzene rings is 1. The maximum absolute atomic E-state index is 12.3. The van der Waals surface area contributed by atoms with Gasteiger partial charge in [-0.05, 0) is 44.4 Å². The van der Waals surface area contributed by atoms with Crippen molar-refractivity contribution in [3.8, 4) is 5.75 Å². The Labute approximate surface area is 147 Å². The van der Waals surface area contributed by atoms with E-state index in [1.807, 2.05) is 6.07 Å². The molecule has 1 fully saturated rings. The lowest BCUT2D eigenvalue weighted by molar-refractivity contribution is 0.0946. The fourth-order valence-corrected chi connectivity index (χ4v) is 3.24. The summed E-state index contributed by atoms with van der Waals surface area (Å²) >= 11 is 0. The first-order chi connectivity index (χ1) is 12.1. The van der Waals surface area contributed by atoms with Crippen LogP contribution < -0.4 is 5.32 Å². The highest BCUT2D eigenvalue weighted by molar-refractivity contribution is 5.96. The summed E-state index contributed by atoms with van der Waals surface area (Å²) in [5, 5.41) is 16.7. The van der Waals surface area contributed by atoms with Crippen LogP contribution in [0.1, 0.15) is 40.7 Å². The molecule has 0 bridgehead atoms. The molecule has 0 aliphatic carbocycles. The van der Waals surface area contributed by atoms with E-state index in [9.17, 15) is 9.90 Å². The van der Waals surface area contributed by atoms with Crippen LogP contribution in [0.15, 0.2) is 28.8 Å². The Kier molecular flexibility index (Phi) is 5.38. The van der Waals surface area contributed by atoms with Gasteiger partial charge in [0.05, 0.1) is 12.2 Å². The molecular weight excluding hydrogens is 318 g/mol. The van der Waals surface area contributed by atoms with Gasteiger partial charge in [-0.25, -0.2) is 0 Å². The number of amides is 1. The van der Waals surface area contributed by atoms with Crippen LogP contribution >= 0.6 is 0 Å². The predicted molar refractivity (Wildman–Crippen MR) is 94.4 cm³/mol. The topological polar surface area (TPSA) is 78.6 Å². The van der Waals surface area contributed by atoms with Crippen LogP contribution in [0.3, 0.4) is 0 Å². The minimum absolute atomic E-state index is 0.130. The van der Waals surface area contributed by atoms with E-state index in [4.69, 9.17) is 4.52 Å². The predicted octanol–water partition coefficient (Wildman–Crippen LogP) is 2.50. The number of aromatic hydroxyl groups is 1. The second-order valence-corrected chi connectivity index (χ2v) is 6.69. The van der Waals surface area contributed by atoms with Gasteiger partial charge in [0.25, 0.3) is 5.91 Å². The summed E-state index contributed by atoms with van der Waals surface area (Å²) in [5.41, 5.74) is 2.13. The molecule has 134 valence electrons. The molecule has 25 heavy (non-hydrogen) atoms. The third kappa shape index (κ3) is 4.20. The number of carbonyl (C=O) groups is 1. The molecule has 1 aromatic carbocycles. The van der Waals surface area contributed by atoms with Crippen LogP contribution in [0, 0.1) is 12.8 Å². The third-order valence-electron chi connectivity index (χ3n) is 4.82. The van der Waals surface area contributed by atoms with Crippen molar-refractivity contribution in [1.82, 2.24) is 15.4 Å². The van der Waals surface area contributed by atoms with Gasteiger partial charge >= 0.3 is 0 Å². The van der Waals surface area contributed by atoms with Crippen molar-refractivity contribution < 1.29 is 14.4 Å². The first-order valence-corrected chi connectivity index (χ1v) is 8.80. The zero-order valence-corrected chi connectivity index (χ0v) is 14.8. The zero-order chi connectivity index (χ0) is 17.8. The Morgan fingerprint density at radius 3 is 3.08 bits per heavy atom. The number of nitrogens with one attached hydrogen (secondary N) is 1. The lowest BCUT2D eigenvalue weighted by atomic mass is 10.1. The maximum Gasteiger partial charge on any atom is 0.251 e. The van der Waals surface area contributed by atoms with E-state index in [1.165, 1.54) is 0 Å². The number of phenolic OH excluding ortho intramolecular Hbond substituents is 1. The van der Waals surface area contributed by atoms with Crippen molar-refractivity contribution in [3.05, 3.63) is 46.8 Å². The van der Waals surface area contributed by atoms with E-state index in [0.29, 0.717) is 23.6 Å². The first kappa shape index (κ1) is 17.5. The molecule has 1 atom stereocenters. The lowest BCUT2D eigenvalue weighted by Crippen LogP contribution is -2.31. The molecule has 0 saturated carbocycles. The molecule has 1 saturated heterocycles. The van der Waals surface area contributed by atoms with Gasteiger partial charge in [-0.15, -0.1) is 0 Å². The van der Waals surface area contributed by atoms with Crippen molar-refractivity contribution in [2.75, 3.05) is 19.6 Å². The molecule has 6 heteroatoms. The second kappa shape index (κ2) is 7.70. The highest BCUT2D eigenvalue weighted by atomic mass is 16.5. The Morgan fingerprint density at radius 2 is 2.32 bits per heavy atom. The van der Waals surface area contributed by atoms with Gasteiger partial charge in [0.1, 0.15) is 5.75 Å². The Hall–Kier alpha value is -2.34. The average molecular weight is 343 g/mol. The van der Waals surface area contributed by atoms with Gasteiger partial charge in [-0.1, -0.05) is 18.1 Å². The molecule has 1 aliphatic heterocycles. The number of hydrogen-bond donors (Lipinski definition) is 2. The first-order valence-electron chi connectivity index (χ1n) is 8.80. The van der Waals surface area contributed by atoms with Crippen molar-refractivity contribution in [2.24, 2.45) is 5.92 Å². The highest BCUT2D eigenvalue weighted by Gasteiger charge is 2.24. The normalized spacial score (nSPS) is 17.8. The van der Waals surface area contributed by atoms with Crippen molar-refractivity contribution >= 4 is 5.91 Å². The van der Waals surface area contributed by atoms with E-state index >= 15 is 0 Å². The second-order valence-electron chi connectivity index (χ2n) is 6.69. The van der Waals surface area contributed by atoms with Gasteiger partial charge in [-0.3, -0.25) is 9.69 Å². The van der Waals surface area contributed by atoms with Crippen LogP contribution in [0.4, 0.5) is 0 Å². The van der Waals surface area contributed by atoms with E-state index in [1.54, 1.807) is 25.1 Å². The van der Waals surface area contributed by atoms with Crippen LogP contribution in [-0.4, -0.2) is 40.7 Å². The number of phenols is 1. The van der Waals surface area contributed by atoms with E-state index in [0.717, 1.165) is 43.9 Å². The smallest absolute Gasteiger partial charge is 0.251 e. The van der Waals surface area contributed by atoms with Gasteiger partial charge in [-0.2, -0.15) is 0 Å². The molecule has 0 radical (unpaired) electrons. The van der Waals surface area contributed by atoms with Gasteiger partial charge in [0.2, 0.25) is 0 Å². The molecule has 2 heterocycles. The molecule has 1 aliphatic rings. The number of carbonyl (C=O) groups excluding carboxylic acids is 1. The summed E-state index contributed by atoms with van der Waals surface area (Å²) in [7, 11) is 0. The number of hydrogen-bond acceptors (Lipinski definition) is 5. The fourth-order valence-electron chi connectivity index (χ4n) is 3.24. The minimum atomic E-state index is -0.130. The van der Waals surface area contributed by atoms with E-state index in [-0.39, 0.29) is 11.7 Å². The van der Waals surface area contributed by atoms with Crippen molar-refractivity contribution in [2.45, 2.75) is 33.2 Å². The molecule has 2 N–H and O–H groups in total. The van der Waals surface area contributed by atoms with Gasteiger partial charge < -0.3 is 14.9 Å². The van der Waals surface area contributed by atoms with Gasteiger partial charge in [0.15, 0.2) is 5.76 Å². The SMILES string of the molecule is CCc1cc(CN2CC[C@H](CNC(=O)c3cccc(O)c3C)C2)on1. The molecule has 1 aromatic heterocycles. The minimum Gasteiger partial charge on any atom is -0.508 e. The Morgan fingerprint density at radius 1 is 1.48 bits per heavy atom. The number of aromatic nitrogens is 1. The number of likely N-dealkylation sites (tertiary alicyclic amines) is 1. The summed E-state index contributed by atoms with van der Waals surface area (Å²) in [5.74, 6) is 1.35. The molecule has 6 nitrogen and oxygen atoms in total. The van der Waals surface area contributed by atoms with Crippen LogP contribution in [-0.2, 0) is 13.0 Å². The summed E-state index contributed by atoms with van der Waals surface area (Å²) in [4.78, 5) is 14.7. The quantitative estimate of drug-likeness (QED) is 0.842. The molecule has 0 unspecified atom stereocenters. The largest absolute Gasteiger partial charge is 0.508 e. The average Bonchev–Trinajstić information content (AvgIpc) is 3.25. The number of rotatable bonds is 6. The fraction of sp³-hybridized carbons (Fsp3) is 0.474. The monoisotopic (exact) mass is 343 g/mol. The van der Waals surface area contributed by atoms with Crippen molar-refractivity contribution in [3.63, 3.8) is 0 Å². The zero-order valence-electron chi connectivity index (χ0n) is 14.8. The molecule has 2 aromatic rings. The van der Waals surface area contributed by atoms with Crippen LogP contribution in [0.25, 0.3) is 0 Å². The summed E-state index contributed by atoms with van der Waals surface area (Å²) < 4.78 is 5.35. The Balaban J connectivity index is 1.48. The van der Waals surface area contributed by atoms with Crippen LogP contribution in [0.2, 0.25) is 0 Å². The summed E-state index contributed by atoms with van der Waals surface area (Å²) in [6.45, 7) is 7.15. The number of aryl methyl sites for hydroxylation is 1.